The fraction of sp³-hybridized carbons (Fsp3) is 0.136. The van der Waals surface area contributed by atoms with Gasteiger partial charge < -0.3 is 10.1 Å². The lowest BCUT2D eigenvalue weighted by atomic mass is 10.1. The van der Waals surface area contributed by atoms with Crippen molar-refractivity contribution < 1.29 is 31.5 Å². The van der Waals surface area contributed by atoms with Gasteiger partial charge in [0.2, 0.25) is 0 Å². The number of benzene rings is 2. The van der Waals surface area contributed by atoms with E-state index < -0.39 is 30.5 Å². The molecule has 0 aliphatic carbocycles. The van der Waals surface area contributed by atoms with Crippen molar-refractivity contribution in [2.24, 2.45) is 0 Å². The Labute approximate surface area is 183 Å². The topological polar surface area (TPSA) is 68.5 Å². The van der Waals surface area contributed by atoms with Crippen LogP contribution < -0.4 is 10.1 Å². The van der Waals surface area contributed by atoms with E-state index in [1.54, 1.807) is 6.92 Å². The molecule has 2 heterocycles. The predicted octanol–water partition coefficient (Wildman–Crippen LogP) is 5.64. The van der Waals surface area contributed by atoms with E-state index in [-0.39, 0.29) is 28.3 Å². The molecule has 4 rings (SSSR count). The van der Waals surface area contributed by atoms with Crippen LogP contribution in [0.3, 0.4) is 0 Å². The first-order chi connectivity index (χ1) is 15.7. The summed E-state index contributed by atoms with van der Waals surface area (Å²) in [6, 6.07) is 10.3. The van der Waals surface area contributed by atoms with E-state index >= 15 is 0 Å². The quantitative estimate of drug-likeness (QED) is 0.377. The van der Waals surface area contributed by atoms with E-state index in [0.717, 1.165) is 28.9 Å². The lowest BCUT2D eigenvalue weighted by Gasteiger charge is -2.12. The number of alkyl halides is 4. The Balaban J connectivity index is 1.78. The summed E-state index contributed by atoms with van der Waals surface area (Å²) < 4.78 is 71.3. The molecule has 0 bridgehead atoms. The molecule has 0 fully saturated rings. The van der Waals surface area contributed by atoms with Gasteiger partial charge in [0.05, 0.1) is 17.6 Å². The minimum atomic E-state index is -3.12. The maximum Gasteiger partial charge on any atom is 0.387 e. The highest BCUT2D eigenvalue weighted by Gasteiger charge is 2.22. The third-order valence-electron chi connectivity index (χ3n) is 4.71. The molecule has 2 aromatic heterocycles. The van der Waals surface area contributed by atoms with Gasteiger partial charge in [0, 0.05) is 5.56 Å². The van der Waals surface area contributed by atoms with Gasteiger partial charge >= 0.3 is 6.61 Å². The van der Waals surface area contributed by atoms with Crippen molar-refractivity contribution >= 4 is 17.2 Å². The van der Waals surface area contributed by atoms with Gasteiger partial charge in [-0.2, -0.15) is 13.9 Å². The zero-order valence-electron chi connectivity index (χ0n) is 16.9. The summed E-state index contributed by atoms with van der Waals surface area (Å²) in [6.07, 6.45) is -1.91. The number of carbonyl (C=O) groups excluding carboxylic acids is 1. The van der Waals surface area contributed by atoms with Gasteiger partial charge in [-0.15, -0.1) is 0 Å². The second kappa shape index (κ2) is 8.85. The normalized spacial score (nSPS) is 11.4. The monoisotopic (exact) mass is 462 g/mol. The van der Waals surface area contributed by atoms with E-state index in [1.165, 1.54) is 30.3 Å². The summed E-state index contributed by atoms with van der Waals surface area (Å²) in [4.78, 5) is 17.2. The van der Waals surface area contributed by atoms with Crippen LogP contribution in [0.15, 0.2) is 54.7 Å². The van der Waals surface area contributed by atoms with E-state index in [9.17, 15) is 26.7 Å². The molecule has 1 amide bonds. The predicted molar refractivity (Wildman–Crippen MR) is 109 cm³/mol. The zero-order valence-corrected chi connectivity index (χ0v) is 16.9. The number of hydrogen-bond acceptors (Lipinski definition) is 4. The standard InChI is InChI=1S/C22H15F5N4O2/c1-11-2-7-18(33-22(26)27)16(8-11)30-21(32)14-10-28-31-17(19(24)25)9-15(29-20(14)31)12-3-5-13(23)6-4-12/h2-10,19,22H,1H3,(H,30,32). The minimum Gasteiger partial charge on any atom is -0.433 e. The number of ether oxygens (including phenoxy) is 1. The molecule has 170 valence electrons. The Morgan fingerprint density at radius 2 is 1.79 bits per heavy atom. The third kappa shape index (κ3) is 4.61. The lowest BCUT2D eigenvalue weighted by Crippen LogP contribution is -2.14. The molecule has 1 N–H and O–H groups in total. The van der Waals surface area contributed by atoms with Crippen molar-refractivity contribution in [1.29, 1.82) is 0 Å². The van der Waals surface area contributed by atoms with Crippen LogP contribution in [0.2, 0.25) is 0 Å². The molecule has 33 heavy (non-hydrogen) atoms. The molecule has 6 nitrogen and oxygen atoms in total. The first-order valence-corrected chi connectivity index (χ1v) is 9.52. The fourth-order valence-corrected chi connectivity index (χ4v) is 3.20. The number of hydrogen-bond donors (Lipinski definition) is 1. The SMILES string of the molecule is Cc1ccc(OC(F)F)c(NC(=O)c2cnn3c(C(F)F)cc(-c4ccc(F)cc4)nc23)c1. The van der Waals surface area contributed by atoms with Crippen molar-refractivity contribution in [3.8, 4) is 17.0 Å². The van der Waals surface area contributed by atoms with Crippen molar-refractivity contribution in [1.82, 2.24) is 14.6 Å². The van der Waals surface area contributed by atoms with Crippen molar-refractivity contribution in [3.05, 3.63) is 77.4 Å². The molecule has 0 atom stereocenters. The average molecular weight is 462 g/mol. The number of fused-ring (bicyclic) bond motifs is 1. The summed E-state index contributed by atoms with van der Waals surface area (Å²) in [6.45, 7) is -1.43. The summed E-state index contributed by atoms with van der Waals surface area (Å²) in [5, 5.41) is 6.28. The second-order valence-corrected chi connectivity index (χ2v) is 7.00. The molecular formula is C22H15F5N4O2. The number of halogens is 5. The highest BCUT2D eigenvalue weighted by Crippen LogP contribution is 2.30. The summed E-state index contributed by atoms with van der Waals surface area (Å²) in [7, 11) is 0. The zero-order chi connectivity index (χ0) is 23.7. The maximum atomic E-state index is 13.7. The average Bonchev–Trinajstić information content (AvgIpc) is 3.19. The first-order valence-electron chi connectivity index (χ1n) is 9.52. The Kier molecular flexibility index (Phi) is 5.95. The van der Waals surface area contributed by atoms with Gasteiger partial charge in [0.25, 0.3) is 12.3 Å². The number of nitrogens with one attached hydrogen (secondary N) is 1. The maximum absolute atomic E-state index is 13.7. The molecule has 4 aromatic rings. The highest BCUT2D eigenvalue weighted by atomic mass is 19.3. The van der Waals surface area contributed by atoms with Crippen LogP contribution in [0.25, 0.3) is 16.9 Å². The van der Waals surface area contributed by atoms with Crippen LogP contribution in [-0.2, 0) is 0 Å². The van der Waals surface area contributed by atoms with Crippen LogP contribution in [0.5, 0.6) is 5.75 Å². The number of amides is 1. The number of carbonyl (C=O) groups is 1. The van der Waals surface area contributed by atoms with Crippen LogP contribution >= 0.6 is 0 Å². The van der Waals surface area contributed by atoms with Gasteiger partial charge in [0.1, 0.15) is 22.8 Å². The lowest BCUT2D eigenvalue weighted by molar-refractivity contribution is -0.0493. The molecule has 0 aliphatic heterocycles. The molecule has 0 saturated heterocycles. The van der Waals surface area contributed by atoms with Gasteiger partial charge in [-0.05, 0) is 55.0 Å². The third-order valence-corrected chi connectivity index (χ3v) is 4.71. The molecule has 0 aliphatic rings. The Bertz CT molecular complexity index is 1320. The van der Waals surface area contributed by atoms with Gasteiger partial charge in [-0.3, -0.25) is 4.79 Å². The largest absolute Gasteiger partial charge is 0.433 e. The van der Waals surface area contributed by atoms with Crippen molar-refractivity contribution in [2.75, 3.05) is 5.32 Å². The Hall–Kier alpha value is -4.02. The van der Waals surface area contributed by atoms with E-state index in [2.05, 4.69) is 20.1 Å². The van der Waals surface area contributed by atoms with E-state index in [0.29, 0.717) is 11.1 Å². The summed E-state index contributed by atoms with van der Waals surface area (Å²) in [5.41, 5.74) is 0.144. The van der Waals surface area contributed by atoms with Gasteiger partial charge in [-0.1, -0.05) is 6.07 Å². The Morgan fingerprint density at radius 1 is 1.06 bits per heavy atom. The number of nitrogens with zero attached hydrogens (tertiary/aromatic N) is 3. The van der Waals surface area contributed by atoms with Crippen LogP contribution in [0, 0.1) is 12.7 Å². The smallest absolute Gasteiger partial charge is 0.387 e. The summed E-state index contributed by atoms with van der Waals surface area (Å²) >= 11 is 0. The van der Waals surface area contributed by atoms with Gasteiger partial charge in [0.15, 0.2) is 5.65 Å². The molecule has 0 unspecified atom stereocenters. The molecule has 11 heteroatoms. The number of aryl methyl sites for hydroxylation is 1. The van der Waals surface area contributed by atoms with E-state index in [4.69, 9.17) is 0 Å². The minimum absolute atomic E-state index is 0.0385. The first kappa shape index (κ1) is 22.2. The van der Waals surface area contributed by atoms with Crippen molar-refractivity contribution in [3.63, 3.8) is 0 Å². The second-order valence-electron chi connectivity index (χ2n) is 7.00. The number of anilines is 1. The van der Waals surface area contributed by atoms with Gasteiger partial charge in [-0.25, -0.2) is 22.7 Å². The van der Waals surface area contributed by atoms with Crippen LogP contribution in [0.4, 0.5) is 27.6 Å². The summed E-state index contributed by atoms with van der Waals surface area (Å²) in [5.74, 6) is -1.61. The highest BCUT2D eigenvalue weighted by molar-refractivity contribution is 6.09. The molecule has 0 spiro atoms. The van der Waals surface area contributed by atoms with Crippen molar-refractivity contribution in [2.45, 2.75) is 20.0 Å². The van der Waals surface area contributed by atoms with Crippen LogP contribution in [-0.4, -0.2) is 27.1 Å². The number of rotatable bonds is 6. The fourth-order valence-electron chi connectivity index (χ4n) is 3.20. The molecule has 0 saturated carbocycles. The molecule has 0 radical (unpaired) electrons. The Morgan fingerprint density at radius 3 is 2.45 bits per heavy atom. The van der Waals surface area contributed by atoms with Crippen LogP contribution in [0.1, 0.15) is 28.0 Å². The molecular weight excluding hydrogens is 447 g/mol. The van der Waals surface area contributed by atoms with E-state index in [1.807, 2.05) is 0 Å². The molecule has 2 aromatic carbocycles. The number of aromatic nitrogens is 3.